The summed E-state index contributed by atoms with van der Waals surface area (Å²) in [5, 5.41) is 3.47. The fourth-order valence-electron chi connectivity index (χ4n) is 4.80. The van der Waals surface area contributed by atoms with E-state index in [0.29, 0.717) is 41.9 Å². The molecule has 8 heteroatoms. The van der Waals surface area contributed by atoms with Crippen LogP contribution in [0.25, 0.3) is 17.2 Å². The summed E-state index contributed by atoms with van der Waals surface area (Å²) in [5.41, 5.74) is 1.28. The number of amides is 1. The standard InChI is InChI=1S/C23H27FN6O/c24-17-7-8-21-26-13-19(30(21)14-17)23-25-10-9-20(28-23)27-18-6-3-11-29(15-18)22(31)12-16-4-1-2-5-16/h7-10,13-14,16,18H,1-6,11-12,15H2,(H,25,27,28). The molecule has 2 aliphatic rings. The predicted octanol–water partition coefficient (Wildman–Crippen LogP) is 3.91. The maximum Gasteiger partial charge on any atom is 0.222 e. The Balaban J connectivity index is 1.28. The molecule has 0 radical (unpaired) electrons. The number of nitrogens with one attached hydrogen (secondary N) is 1. The second-order valence-corrected chi connectivity index (χ2v) is 8.66. The van der Waals surface area contributed by atoms with E-state index in [-0.39, 0.29) is 17.8 Å². The maximum absolute atomic E-state index is 13.7. The quantitative estimate of drug-likeness (QED) is 0.675. The Morgan fingerprint density at radius 3 is 2.87 bits per heavy atom. The highest BCUT2D eigenvalue weighted by Gasteiger charge is 2.27. The van der Waals surface area contributed by atoms with Crippen molar-refractivity contribution in [3.63, 3.8) is 0 Å². The summed E-state index contributed by atoms with van der Waals surface area (Å²) >= 11 is 0. The molecule has 1 N–H and O–H groups in total. The first-order chi connectivity index (χ1) is 15.2. The minimum absolute atomic E-state index is 0.156. The van der Waals surface area contributed by atoms with Gasteiger partial charge in [-0.05, 0) is 49.8 Å². The van der Waals surface area contributed by atoms with Gasteiger partial charge in [-0.25, -0.2) is 19.3 Å². The van der Waals surface area contributed by atoms with Crippen LogP contribution in [0.4, 0.5) is 10.2 Å². The van der Waals surface area contributed by atoms with Crippen LogP contribution in [-0.4, -0.2) is 49.3 Å². The molecule has 1 unspecified atom stereocenters. The number of carbonyl (C=O) groups is 1. The number of hydrogen-bond acceptors (Lipinski definition) is 5. The Hall–Kier alpha value is -3.03. The van der Waals surface area contributed by atoms with E-state index in [1.807, 2.05) is 11.0 Å². The summed E-state index contributed by atoms with van der Waals surface area (Å²) in [4.78, 5) is 28.0. The SMILES string of the molecule is O=C(CC1CCCC1)N1CCCC(Nc2ccnc(-c3cnc4ccc(F)cn34)n2)C1. The molecule has 2 fully saturated rings. The lowest BCUT2D eigenvalue weighted by atomic mass is 10.0. The van der Waals surface area contributed by atoms with Gasteiger partial charge in [-0.3, -0.25) is 9.20 Å². The summed E-state index contributed by atoms with van der Waals surface area (Å²) in [6.45, 7) is 1.54. The van der Waals surface area contributed by atoms with E-state index >= 15 is 0 Å². The van der Waals surface area contributed by atoms with Gasteiger partial charge in [0.2, 0.25) is 5.91 Å². The first-order valence-corrected chi connectivity index (χ1v) is 11.2. The first kappa shape index (κ1) is 19.9. The van der Waals surface area contributed by atoms with Gasteiger partial charge in [0.1, 0.15) is 23.0 Å². The molecule has 4 heterocycles. The number of aromatic nitrogens is 4. The molecule has 1 saturated heterocycles. The highest BCUT2D eigenvalue weighted by Crippen LogP contribution is 2.29. The molecule has 31 heavy (non-hydrogen) atoms. The van der Waals surface area contributed by atoms with Crippen molar-refractivity contribution in [2.45, 2.75) is 51.0 Å². The van der Waals surface area contributed by atoms with Crippen LogP contribution in [0.3, 0.4) is 0 Å². The Labute approximate surface area is 180 Å². The predicted molar refractivity (Wildman–Crippen MR) is 116 cm³/mol. The Morgan fingerprint density at radius 1 is 1.13 bits per heavy atom. The van der Waals surface area contributed by atoms with Crippen molar-refractivity contribution >= 4 is 17.4 Å². The van der Waals surface area contributed by atoms with Crippen LogP contribution in [0.1, 0.15) is 44.9 Å². The molecule has 0 aromatic carbocycles. The maximum atomic E-state index is 13.7. The van der Waals surface area contributed by atoms with Crippen LogP contribution in [0.15, 0.2) is 36.8 Å². The Kier molecular flexibility index (Phi) is 5.53. The Morgan fingerprint density at radius 2 is 2.00 bits per heavy atom. The summed E-state index contributed by atoms with van der Waals surface area (Å²) in [6.07, 6.45) is 12.3. The zero-order valence-electron chi connectivity index (χ0n) is 17.5. The first-order valence-electron chi connectivity index (χ1n) is 11.2. The summed E-state index contributed by atoms with van der Waals surface area (Å²) in [5.74, 6) is 1.69. The van der Waals surface area contributed by atoms with Gasteiger partial charge in [-0.2, -0.15) is 0 Å². The molecular formula is C23H27FN6O. The van der Waals surface area contributed by atoms with Crippen LogP contribution >= 0.6 is 0 Å². The number of nitrogens with zero attached hydrogens (tertiary/aromatic N) is 5. The van der Waals surface area contributed by atoms with Gasteiger partial charge < -0.3 is 10.2 Å². The van der Waals surface area contributed by atoms with Crippen LogP contribution in [0.2, 0.25) is 0 Å². The van der Waals surface area contributed by atoms with Crippen molar-refractivity contribution < 1.29 is 9.18 Å². The van der Waals surface area contributed by atoms with Gasteiger partial charge in [-0.1, -0.05) is 12.8 Å². The molecule has 5 rings (SSSR count). The van der Waals surface area contributed by atoms with Crippen molar-refractivity contribution in [1.29, 1.82) is 0 Å². The highest BCUT2D eigenvalue weighted by atomic mass is 19.1. The summed E-state index contributed by atoms with van der Waals surface area (Å²) < 4.78 is 15.3. The van der Waals surface area contributed by atoms with E-state index in [2.05, 4.69) is 20.3 Å². The number of halogens is 1. The number of hydrogen-bond donors (Lipinski definition) is 1. The van der Waals surface area contributed by atoms with Gasteiger partial charge in [0.25, 0.3) is 0 Å². The third kappa shape index (κ3) is 4.38. The monoisotopic (exact) mass is 422 g/mol. The molecule has 0 spiro atoms. The van der Waals surface area contributed by atoms with Gasteiger partial charge in [0, 0.05) is 37.9 Å². The van der Waals surface area contributed by atoms with Crippen LogP contribution < -0.4 is 5.32 Å². The van der Waals surface area contributed by atoms with E-state index in [1.165, 1.54) is 37.9 Å². The number of fused-ring (bicyclic) bond motifs is 1. The Bertz CT molecular complexity index is 1080. The normalized spacial score (nSPS) is 19.8. The molecule has 1 aliphatic heterocycles. The van der Waals surface area contributed by atoms with Crippen molar-refractivity contribution in [2.75, 3.05) is 18.4 Å². The lowest BCUT2D eigenvalue weighted by Gasteiger charge is -2.34. The summed E-state index contributed by atoms with van der Waals surface area (Å²) in [7, 11) is 0. The molecule has 1 saturated carbocycles. The van der Waals surface area contributed by atoms with E-state index < -0.39 is 0 Å². The van der Waals surface area contributed by atoms with E-state index in [9.17, 15) is 9.18 Å². The van der Waals surface area contributed by atoms with Crippen molar-refractivity contribution in [1.82, 2.24) is 24.3 Å². The highest BCUT2D eigenvalue weighted by molar-refractivity contribution is 5.76. The van der Waals surface area contributed by atoms with Gasteiger partial charge in [0.15, 0.2) is 5.82 Å². The molecule has 1 amide bonds. The largest absolute Gasteiger partial charge is 0.365 e. The van der Waals surface area contributed by atoms with Crippen molar-refractivity contribution in [2.24, 2.45) is 5.92 Å². The van der Waals surface area contributed by atoms with Crippen molar-refractivity contribution in [3.05, 3.63) is 42.6 Å². The number of anilines is 1. The average molecular weight is 423 g/mol. The minimum atomic E-state index is -0.342. The molecule has 3 aromatic heterocycles. The second kappa shape index (κ2) is 8.61. The van der Waals surface area contributed by atoms with Crippen LogP contribution in [-0.2, 0) is 4.79 Å². The number of likely N-dealkylation sites (tertiary alicyclic amines) is 1. The third-order valence-electron chi connectivity index (χ3n) is 6.42. The van der Waals surface area contributed by atoms with E-state index in [0.717, 1.165) is 19.4 Å². The lowest BCUT2D eigenvalue weighted by Crippen LogP contribution is -2.45. The zero-order chi connectivity index (χ0) is 21.2. The molecular weight excluding hydrogens is 395 g/mol. The lowest BCUT2D eigenvalue weighted by molar-refractivity contribution is -0.133. The second-order valence-electron chi connectivity index (χ2n) is 8.66. The van der Waals surface area contributed by atoms with Crippen molar-refractivity contribution in [3.8, 4) is 11.5 Å². The molecule has 0 bridgehead atoms. The molecule has 162 valence electrons. The number of imidazole rings is 1. The van der Waals surface area contributed by atoms with E-state index in [4.69, 9.17) is 0 Å². The van der Waals surface area contributed by atoms with Gasteiger partial charge in [0.05, 0.1) is 6.20 Å². The topological polar surface area (TPSA) is 75.4 Å². The number of pyridine rings is 1. The molecule has 1 aliphatic carbocycles. The minimum Gasteiger partial charge on any atom is -0.365 e. The number of piperidine rings is 1. The smallest absolute Gasteiger partial charge is 0.222 e. The number of carbonyl (C=O) groups excluding carboxylic acids is 1. The summed E-state index contributed by atoms with van der Waals surface area (Å²) in [6, 6.07) is 4.99. The zero-order valence-corrected chi connectivity index (χ0v) is 17.5. The van der Waals surface area contributed by atoms with Crippen LogP contribution in [0.5, 0.6) is 0 Å². The van der Waals surface area contributed by atoms with E-state index in [1.54, 1.807) is 22.9 Å². The van der Waals surface area contributed by atoms with Crippen LogP contribution in [0, 0.1) is 11.7 Å². The number of rotatable bonds is 5. The fourth-order valence-corrected chi connectivity index (χ4v) is 4.80. The molecule has 7 nitrogen and oxygen atoms in total. The fraction of sp³-hybridized carbons (Fsp3) is 0.478. The molecule has 1 atom stereocenters. The van der Waals surface area contributed by atoms with Gasteiger partial charge in [-0.15, -0.1) is 0 Å². The third-order valence-corrected chi connectivity index (χ3v) is 6.42. The van der Waals surface area contributed by atoms with Gasteiger partial charge >= 0.3 is 0 Å². The molecule has 3 aromatic rings. The average Bonchev–Trinajstić information content (AvgIpc) is 3.43.